The number of para-hydroxylation sites is 1. The number of hydrogen-bond acceptors (Lipinski definition) is 1. The van der Waals surface area contributed by atoms with Gasteiger partial charge in [0.1, 0.15) is 5.75 Å². The molecule has 2 rings (SSSR count). The number of phenolic OH excluding ortho intramolecular Hbond substituents is 1. The number of hydrogen-bond donors (Lipinski definition) is 1. The molecule has 94 valence electrons. The first-order valence-corrected chi connectivity index (χ1v) is 6.37. The number of rotatable bonds is 3. The van der Waals surface area contributed by atoms with Crippen molar-refractivity contribution >= 4 is 0 Å². The first kappa shape index (κ1) is 12.7. The van der Waals surface area contributed by atoms with Crippen LogP contribution in [0.15, 0.2) is 54.6 Å². The van der Waals surface area contributed by atoms with Crippen LogP contribution in [0.1, 0.15) is 37.8 Å². The highest BCUT2D eigenvalue weighted by Crippen LogP contribution is 2.41. The summed E-state index contributed by atoms with van der Waals surface area (Å²) in [5.74, 6) is 0.720. The second kappa shape index (κ2) is 4.85. The Morgan fingerprint density at radius 1 is 0.889 bits per heavy atom. The third-order valence-electron chi connectivity index (χ3n) is 3.98. The average molecular weight is 240 g/mol. The molecular weight excluding hydrogens is 220 g/mol. The molecule has 1 heteroatoms. The van der Waals surface area contributed by atoms with E-state index in [1.807, 2.05) is 24.3 Å². The summed E-state index contributed by atoms with van der Waals surface area (Å²) < 4.78 is 0. The summed E-state index contributed by atoms with van der Waals surface area (Å²) in [7, 11) is 0. The van der Waals surface area contributed by atoms with Crippen molar-refractivity contribution in [1.29, 1.82) is 0 Å². The third kappa shape index (κ3) is 2.26. The van der Waals surface area contributed by atoms with E-state index in [4.69, 9.17) is 0 Å². The molecule has 0 heterocycles. The van der Waals surface area contributed by atoms with Crippen molar-refractivity contribution in [3.8, 4) is 5.75 Å². The van der Waals surface area contributed by atoms with Gasteiger partial charge in [0.25, 0.3) is 0 Å². The molecule has 1 N–H and O–H groups in total. The lowest BCUT2D eigenvalue weighted by molar-refractivity contribution is 0.397. The maximum atomic E-state index is 10.0. The van der Waals surface area contributed by atoms with Crippen LogP contribution in [0.4, 0.5) is 0 Å². The van der Waals surface area contributed by atoms with Crippen LogP contribution >= 0.6 is 0 Å². The molecule has 0 saturated carbocycles. The highest BCUT2D eigenvalue weighted by atomic mass is 16.3. The Labute approximate surface area is 109 Å². The van der Waals surface area contributed by atoms with Gasteiger partial charge < -0.3 is 5.11 Å². The van der Waals surface area contributed by atoms with E-state index in [1.54, 1.807) is 6.07 Å². The van der Waals surface area contributed by atoms with Gasteiger partial charge in [-0.2, -0.15) is 0 Å². The number of phenols is 1. The maximum absolute atomic E-state index is 10.0. The van der Waals surface area contributed by atoms with Gasteiger partial charge in [-0.15, -0.1) is 0 Å². The summed E-state index contributed by atoms with van der Waals surface area (Å²) in [6, 6.07) is 18.1. The Hall–Kier alpha value is -1.76. The van der Waals surface area contributed by atoms with E-state index < -0.39 is 0 Å². The summed E-state index contributed by atoms with van der Waals surface area (Å²) in [5, 5.41) is 10.0. The lowest BCUT2D eigenvalue weighted by Gasteiger charge is -2.33. The van der Waals surface area contributed by atoms with Gasteiger partial charge in [0.15, 0.2) is 0 Å². The molecular formula is C17H20O. The zero-order chi connectivity index (χ0) is 13.2. The highest BCUT2D eigenvalue weighted by molar-refractivity contribution is 5.40. The average Bonchev–Trinajstić information content (AvgIpc) is 2.39. The predicted molar refractivity (Wildman–Crippen MR) is 76.0 cm³/mol. The molecule has 0 saturated heterocycles. The molecule has 0 fully saturated rings. The summed E-state index contributed by atoms with van der Waals surface area (Å²) in [6.45, 7) is 6.57. The predicted octanol–water partition coefficient (Wildman–Crippen LogP) is 4.47. The van der Waals surface area contributed by atoms with Crippen LogP contribution in [0.3, 0.4) is 0 Å². The topological polar surface area (TPSA) is 20.2 Å². The Morgan fingerprint density at radius 2 is 1.44 bits per heavy atom. The van der Waals surface area contributed by atoms with Crippen molar-refractivity contribution in [1.82, 2.24) is 0 Å². The number of benzene rings is 2. The number of aromatic hydroxyl groups is 1. The fourth-order valence-corrected chi connectivity index (χ4v) is 2.41. The van der Waals surface area contributed by atoms with Crippen LogP contribution in [-0.2, 0) is 5.41 Å². The van der Waals surface area contributed by atoms with E-state index in [0.29, 0.717) is 11.7 Å². The van der Waals surface area contributed by atoms with Gasteiger partial charge in [-0.3, -0.25) is 0 Å². The standard InChI is InChI=1S/C17H20O/c1-13(14-9-5-4-6-10-14)17(2,3)15-11-7-8-12-16(15)18/h4-13,18H,1-3H3. The summed E-state index contributed by atoms with van der Waals surface area (Å²) in [4.78, 5) is 0. The second-order valence-corrected chi connectivity index (χ2v) is 5.37. The Bertz CT molecular complexity index is 514. The minimum Gasteiger partial charge on any atom is -0.508 e. The lowest BCUT2D eigenvalue weighted by atomic mass is 9.71. The van der Waals surface area contributed by atoms with Gasteiger partial charge in [-0.1, -0.05) is 69.3 Å². The molecule has 0 amide bonds. The minimum atomic E-state index is -0.104. The first-order valence-electron chi connectivity index (χ1n) is 6.37. The van der Waals surface area contributed by atoms with Gasteiger partial charge >= 0.3 is 0 Å². The van der Waals surface area contributed by atoms with Crippen molar-refractivity contribution in [2.24, 2.45) is 0 Å². The third-order valence-corrected chi connectivity index (χ3v) is 3.98. The second-order valence-electron chi connectivity index (χ2n) is 5.37. The van der Waals surface area contributed by atoms with Gasteiger partial charge in [-0.05, 0) is 23.0 Å². The Morgan fingerprint density at radius 3 is 2.06 bits per heavy atom. The molecule has 1 atom stereocenters. The monoisotopic (exact) mass is 240 g/mol. The minimum absolute atomic E-state index is 0.104. The lowest BCUT2D eigenvalue weighted by Crippen LogP contribution is -2.25. The quantitative estimate of drug-likeness (QED) is 0.839. The molecule has 0 aliphatic rings. The first-order chi connectivity index (χ1) is 8.53. The Kier molecular flexibility index (Phi) is 3.42. The van der Waals surface area contributed by atoms with E-state index in [0.717, 1.165) is 5.56 Å². The van der Waals surface area contributed by atoms with Crippen LogP contribution in [0.5, 0.6) is 5.75 Å². The molecule has 0 radical (unpaired) electrons. The maximum Gasteiger partial charge on any atom is 0.119 e. The normalized spacial score (nSPS) is 13.3. The van der Waals surface area contributed by atoms with E-state index in [9.17, 15) is 5.11 Å². The molecule has 2 aromatic rings. The van der Waals surface area contributed by atoms with Crippen molar-refractivity contribution in [3.05, 3.63) is 65.7 Å². The molecule has 0 bridgehead atoms. The SMILES string of the molecule is CC(c1ccccc1)C(C)(C)c1ccccc1O. The van der Waals surface area contributed by atoms with Crippen LogP contribution in [-0.4, -0.2) is 5.11 Å². The Balaban J connectivity index is 2.40. The molecule has 1 nitrogen and oxygen atoms in total. The summed E-state index contributed by atoms with van der Waals surface area (Å²) in [5.41, 5.74) is 2.19. The largest absolute Gasteiger partial charge is 0.508 e. The van der Waals surface area contributed by atoms with Crippen LogP contribution in [0.2, 0.25) is 0 Å². The fraction of sp³-hybridized carbons (Fsp3) is 0.294. The molecule has 1 unspecified atom stereocenters. The van der Waals surface area contributed by atoms with Gasteiger partial charge in [0.05, 0.1) is 0 Å². The van der Waals surface area contributed by atoms with Gasteiger partial charge in [0.2, 0.25) is 0 Å². The van der Waals surface area contributed by atoms with E-state index >= 15 is 0 Å². The van der Waals surface area contributed by atoms with Crippen LogP contribution in [0.25, 0.3) is 0 Å². The molecule has 2 aromatic carbocycles. The zero-order valence-corrected chi connectivity index (χ0v) is 11.2. The molecule has 0 spiro atoms. The smallest absolute Gasteiger partial charge is 0.119 e. The van der Waals surface area contributed by atoms with E-state index in [-0.39, 0.29) is 5.41 Å². The molecule has 0 aliphatic heterocycles. The van der Waals surface area contributed by atoms with Crippen LogP contribution in [0, 0.1) is 0 Å². The van der Waals surface area contributed by atoms with E-state index in [2.05, 4.69) is 45.0 Å². The highest BCUT2D eigenvalue weighted by Gasteiger charge is 2.30. The summed E-state index contributed by atoms with van der Waals surface area (Å²) in [6.07, 6.45) is 0. The van der Waals surface area contributed by atoms with Crippen molar-refractivity contribution in [3.63, 3.8) is 0 Å². The van der Waals surface area contributed by atoms with Crippen molar-refractivity contribution in [2.75, 3.05) is 0 Å². The van der Waals surface area contributed by atoms with Crippen LogP contribution < -0.4 is 0 Å². The molecule has 18 heavy (non-hydrogen) atoms. The summed E-state index contributed by atoms with van der Waals surface area (Å²) >= 11 is 0. The van der Waals surface area contributed by atoms with Gasteiger partial charge in [-0.25, -0.2) is 0 Å². The molecule has 0 aromatic heterocycles. The van der Waals surface area contributed by atoms with Gasteiger partial charge in [0, 0.05) is 5.56 Å². The fourth-order valence-electron chi connectivity index (χ4n) is 2.41. The van der Waals surface area contributed by atoms with E-state index in [1.165, 1.54) is 5.56 Å². The molecule has 0 aliphatic carbocycles. The zero-order valence-electron chi connectivity index (χ0n) is 11.2. The van der Waals surface area contributed by atoms with Crippen molar-refractivity contribution < 1.29 is 5.11 Å². The van der Waals surface area contributed by atoms with Crippen molar-refractivity contribution in [2.45, 2.75) is 32.1 Å².